The van der Waals surface area contributed by atoms with Gasteiger partial charge >= 0.3 is 0 Å². The smallest absolute Gasteiger partial charge is 0.233 e. The first kappa shape index (κ1) is 11.9. The van der Waals surface area contributed by atoms with Gasteiger partial charge in [0.15, 0.2) is 0 Å². The number of hydrogen-bond acceptors (Lipinski definition) is 3. The molecule has 3 aliphatic carbocycles. The molecule has 0 aromatic heterocycles. The van der Waals surface area contributed by atoms with Crippen LogP contribution in [0, 0.1) is 11.8 Å². The van der Waals surface area contributed by atoms with Gasteiger partial charge < -0.3 is 5.32 Å². The second kappa shape index (κ2) is 4.30. The van der Waals surface area contributed by atoms with Crippen molar-refractivity contribution in [3.05, 3.63) is 41.5 Å². The van der Waals surface area contributed by atoms with Crippen LogP contribution in [0.25, 0.3) is 5.70 Å². The molecule has 1 aromatic rings. The highest BCUT2D eigenvalue weighted by Crippen LogP contribution is 2.45. The number of fused-ring (bicyclic) bond motifs is 3. The van der Waals surface area contributed by atoms with E-state index in [9.17, 15) is 9.59 Å². The Kier molecular flexibility index (Phi) is 2.56. The van der Waals surface area contributed by atoms with E-state index in [1.54, 1.807) is 6.07 Å². The highest BCUT2D eigenvalue weighted by atomic mass is 16.2. The van der Waals surface area contributed by atoms with Crippen LogP contribution >= 0.6 is 0 Å². The van der Waals surface area contributed by atoms with Gasteiger partial charge in [-0.15, -0.1) is 0 Å². The molecule has 2 fully saturated rings. The summed E-state index contributed by atoms with van der Waals surface area (Å²) in [5.74, 6) is 0.795. The first-order valence-corrected chi connectivity index (χ1v) is 7.38. The number of hydrogen-bond donors (Lipinski definition) is 1. The van der Waals surface area contributed by atoms with E-state index in [1.165, 1.54) is 31.8 Å². The molecule has 4 rings (SSSR count). The normalized spacial score (nSPS) is 31.2. The monoisotopic (exact) mass is 267 g/mol. The van der Waals surface area contributed by atoms with Crippen molar-refractivity contribution in [3.63, 3.8) is 0 Å². The summed E-state index contributed by atoms with van der Waals surface area (Å²) in [6.45, 7) is 0. The number of nitrogens with one attached hydrogen (secondary N) is 1. The second-order valence-corrected chi connectivity index (χ2v) is 6.22. The molecule has 2 bridgehead atoms. The van der Waals surface area contributed by atoms with Crippen LogP contribution in [0.2, 0.25) is 0 Å². The van der Waals surface area contributed by atoms with Crippen LogP contribution in [0.5, 0.6) is 0 Å². The average molecular weight is 267 g/mol. The molecular formula is C17H17NO2. The molecule has 3 aliphatic rings. The summed E-state index contributed by atoms with van der Waals surface area (Å²) in [4.78, 5) is 23.7. The fourth-order valence-corrected chi connectivity index (χ4v) is 4.06. The molecule has 102 valence electrons. The molecule has 0 amide bonds. The topological polar surface area (TPSA) is 46.2 Å². The predicted molar refractivity (Wildman–Crippen MR) is 76.1 cm³/mol. The minimum absolute atomic E-state index is 0.390. The van der Waals surface area contributed by atoms with Crippen molar-refractivity contribution in [2.45, 2.75) is 31.7 Å². The molecule has 0 saturated heterocycles. The van der Waals surface area contributed by atoms with Gasteiger partial charge in [0.1, 0.15) is 0 Å². The zero-order valence-electron chi connectivity index (χ0n) is 11.3. The van der Waals surface area contributed by atoms with E-state index in [-0.39, 0.29) is 5.78 Å². The summed E-state index contributed by atoms with van der Waals surface area (Å²) in [5, 5.41) is 3.54. The number of benzene rings is 1. The van der Waals surface area contributed by atoms with Crippen LogP contribution in [-0.2, 0) is 4.79 Å². The SMILES string of the molecule is O=C1C=C(N[C@@H]2C[C@H]3CC[C@H]2C3)c2ccccc2C1=O. The van der Waals surface area contributed by atoms with Crippen molar-refractivity contribution < 1.29 is 9.59 Å². The molecule has 3 atom stereocenters. The number of Topliss-reactive ketones (excluding diaryl/α,β-unsaturated/α-hetero) is 1. The molecule has 0 unspecified atom stereocenters. The lowest BCUT2D eigenvalue weighted by Crippen LogP contribution is -2.35. The first-order valence-electron chi connectivity index (χ1n) is 7.38. The van der Waals surface area contributed by atoms with Crippen molar-refractivity contribution in [2.75, 3.05) is 0 Å². The standard InChI is InChI=1S/C17H17NO2/c19-16-9-15(12-3-1-2-4-13(12)17(16)20)18-14-8-10-5-6-11(14)7-10/h1-4,9-11,14,18H,5-8H2/t10-,11-,14+/m0/s1. The quantitative estimate of drug-likeness (QED) is 0.838. The van der Waals surface area contributed by atoms with E-state index in [0.29, 0.717) is 11.6 Å². The minimum Gasteiger partial charge on any atom is -0.381 e. The van der Waals surface area contributed by atoms with Gasteiger partial charge in [-0.1, -0.05) is 30.7 Å². The van der Waals surface area contributed by atoms with E-state index < -0.39 is 5.78 Å². The van der Waals surface area contributed by atoms with E-state index in [0.717, 1.165) is 23.1 Å². The lowest BCUT2D eigenvalue weighted by Gasteiger charge is -2.27. The molecule has 0 heterocycles. The van der Waals surface area contributed by atoms with Gasteiger partial charge in [0.05, 0.1) is 0 Å². The molecule has 3 nitrogen and oxygen atoms in total. The fraction of sp³-hybridized carbons (Fsp3) is 0.412. The van der Waals surface area contributed by atoms with Gasteiger partial charge in [0.2, 0.25) is 11.6 Å². The summed E-state index contributed by atoms with van der Waals surface area (Å²) in [6, 6.07) is 7.86. The first-order chi connectivity index (χ1) is 9.72. The number of rotatable bonds is 2. The van der Waals surface area contributed by atoms with E-state index in [2.05, 4.69) is 5.32 Å². The van der Waals surface area contributed by atoms with E-state index >= 15 is 0 Å². The summed E-state index contributed by atoms with van der Waals surface area (Å²) in [6.07, 6.45) is 6.66. The molecular weight excluding hydrogens is 250 g/mol. The summed E-state index contributed by atoms with van der Waals surface area (Å²) in [7, 11) is 0. The molecule has 0 radical (unpaired) electrons. The summed E-state index contributed by atoms with van der Waals surface area (Å²) < 4.78 is 0. The Morgan fingerprint density at radius 2 is 1.80 bits per heavy atom. The van der Waals surface area contributed by atoms with Crippen LogP contribution in [0.4, 0.5) is 0 Å². The number of carbonyl (C=O) groups excluding carboxylic acids is 2. The maximum atomic E-state index is 11.9. The zero-order chi connectivity index (χ0) is 13.7. The Bertz CT molecular complexity index is 632. The lowest BCUT2D eigenvalue weighted by molar-refractivity contribution is -0.111. The van der Waals surface area contributed by atoms with Crippen LogP contribution in [0.3, 0.4) is 0 Å². The van der Waals surface area contributed by atoms with Crippen molar-refractivity contribution in [3.8, 4) is 0 Å². The lowest BCUT2D eigenvalue weighted by atomic mass is 9.90. The highest BCUT2D eigenvalue weighted by molar-refractivity contribution is 6.50. The van der Waals surface area contributed by atoms with Gasteiger partial charge in [-0.05, 0) is 31.1 Å². The molecule has 1 N–H and O–H groups in total. The minimum atomic E-state index is -0.408. The molecule has 3 heteroatoms. The van der Waals surface area contributed by atoms with Gasteiger partial charge in [0, 0.05) is 28.9 Å². The molecule has 2 saturated carbocycles. The van der Waals surface area contributed by atoms with Gasteiger partial charge in [-0.25, -0.2) is 0 Å². The predicted octanol–water partition coefficient (Wildman–Crippen LogP) is 2.57. The van der Waals surface area contributed by atoms with Crippen molar-refractivity contribution in [1.82, 2.24) is 5.32 Å². The van der Waals surface area contributed by atoms with Crippen molar-refractivity contribution >= 4 is 17.3 Å². The number of ketones is 2. The van der Waals surface area contributed by atoms with Crippen LogP contribution < -0.4 is 5.32 Å². The molecule has 20 heavy (non-hydrogen) atoms. The van der Waals surface area contributed by atoms with Gasteiger partial charge in [0.25, 0.3) is 0 Å². The zero-order valence-corrected chi connectivity index (χ0v) is 11.3. The second-order valence-electron chi connectivity index (χ2n) is 6.22. The Balaban J connectivity index is 1.66. The van der Waals surface area contributed by atoms with E-state index in [1.807, 2.05) is 18.2 Å². The largest absolute Gasteiger partial charge is 0.381 e. The van der Waals surface area contributed by atoms with Gasteiger partial charge in [-0.3, -0.25) is 9.59 Å². The third-order valence-corrected chi connectivity index (χ3v) is 5.04. The maximum Gasteiger partial charge on any atom is 0.233 e. The molecule has 0 aliphatic heterocycles. The van der Waals surface area contributed by atoms with Crippen LogP contribution in [0.15, 0.2) is 30.3 Å². The molecule has 1 aromatic carbocycles. The number of allylic oxidation sites excluding steroid dienone is 1. The Hall–Kier alpha value is -1.90. The van der Waals surface area contributed by atoms with Crippen molar-refractivity contribution in [1.29, 1.82) is 0 Å². The fourth-order valence-electron chi connectivity index (χ4n) is 4.06. The number of carbonyl (C=O) groups is 2. The Morgan fingerprint density at radius 3 is 2.50 bits per heavy atom. The Labute approximate surface area is 118 Å². The summed E-state index contributed by atoms with van der Waals surface area (Å²) in [5.41, 5.74) is 2.24. The summed E-state index contributed by atoms with van der Waals surface area (Å²) >= 11 is 0. The van der Waals surface area contributed by atoms with Crippen LogP contribution in [-0.4, -0.2) is 17.6 Å². The van der Waals surface area contributed by atoms with E-state index in [4.69, 9.17) is 0 Å². The Morgan fingerprint density at radius 1 is 1.00 bits per heavy atom. The third-order valence-electron chi connectivity index (χ3n) is 5.04. The van der Waals surface area contributed by atoms with Gasteiger partial charge in [-0.2, -0.15) is 0 Å². The van der Waals surface area contributed by atoms with Crippen molar-refractivity contribution in [2.24, 2.45) is 11.8 Å². The third kappa shape index (κ3) is 1.73. The highest BCUT2D eigenvalue weighted by Gasteiger charge is 2.40. The molecule has 0 spiro atoms. The maximum absolute atomic E-state index is 11.9. The average Bonchev–Trinajstić information content (AvgIpc) is 3.07. The van der Waals surface area contributed by atoms with Crippen LogP contribution in [0.1, 0.15) is 41.6 Å².